The van der Waals surface area contributed by atoms with Crippen molar-refractivity contribution >= 4 is 76.4 Å². The van der Waals surface area contributed by atoms with E-state index in [0.717, 1.165) is 21.9 Å². The van der Waals surface area contributed by atoms with Crippen LogP contribution in [0, 0.1) is 6.92 Å². The third kappa shape index (κ3) is 4.49. The maximum absolute atomic E-state index is 6.82. The number of rotatable bonds is 4. The van der Waals surface area contributed by atoms with E-state index in [9.17, 15) is 0 Å². The monoisotopic (exact) mass is 692 g/mol. The largest absolute Gasteiger partial charge is 0.456 e. The van der Waals surface area contributed by atoms with Crippen molar-refractivity contribution in [2.45, 2.75) is 6.92 Å². The Balaban J connectivity index is 1.29. The SMILES string of the molecule is Cc1ccc(-c2c3ccccc3c(-c3cccc4oc5cccc(-c6c7ccccc7c(-c7ccccc7)c7ccccc67)c5c34)c3ccccc23)s1. The van der Waals surface area contributed by atoms with Gasteiger partial charge in [-0.2, -0.15) is 0 Å². The Morgan fingerprint density at radius 3 is 1.15 bits per heavy atom. The number of benzene rings is 9. The molecule has 11 rings (SSSR count). The minimum absolute atomic E-state index is 0.893. The Morgan fingerprint density at radius 1 is 0.340 bits per heavy atom. The molecule has 0 unspecified atom stereocenters. The molecule has 0 spiro atoms. The summed E-state index contributed by atoms with van der Waals surface area (Å²) in [5, 5.41) is 12.3. The van der Waals surface area contributed by atoms with Crippen LogP contribution in [0.1, 0.15) is 4.88 Å². The topological polar surface area (TPSA) is 13.1 Å². The predicted molar refractivity (Wildman–Crippen MR) is 228 cm³/mol. The van der Waals surface area contributed by atoms with E-state index in [1.807, 2.05) is 11.3 Å². The minimum Gasteiger partial charge on any atom is -0.456 e. The van der Waals surface area contributed by atoms with Gasteiger partial charge in [0.05, 0.1) is 0 Å². The van der Waals surface area contributed by atoms with E-state index in [0.29, 0.717) is 0 Å². The molecule has 2 heteroatoms. The number of fused-ring (bicyclic) bond motifs is 7. The lowest BCUT2D eigenvalue weighted by atomic mass is 9.83. The molecule has 0 aliphatic heterocycles. The van der Waals surface area contributed by atoms with Crippen LogP contribution in [0.3, 0.4) is 0 Å². The zero-order valence-corrected chi connectivity index (χ0v) is 29.9. The average Bonchev–Trinajstić information content (AvgIpc) is 3.82. The summed E-state index contributed by atoms with van der Waals surface area (Å²) in [5.41, 5.74) is 10.4. The lowest BCUT2D eigenvalue weighted by molar-refractivity contribution is 0.669. The molecule has 1 nitrogen and oxygen atoms in total. The molecule has 0 bridgehead atoms. The molecule has 2 aromatic heterocycles. The van der Waals surface area contributed by atoms with E-state index in [2.05, 4.69) is 183 Å². The summed E-state index contributed by atoms with van der Waals surface area (Å²) < 4.78 is 6.82. The molecule has 0 fully saturated rings. The maximum atomic E-state index is 6.82. The van der Waals surface area contributed by atoms with Crippen molar-refractivity contribution < 1.29 is 4.42 Å². The third-order valence-corrected chi connectivity index (χ3v) is 12.0. The van der Waals surface area contributed by atoms with Gasteiger partial charge in [0.2, 0.25) is 0 Å². The van der Waals surface area contributed by atoms with Gasteiger partial charge in [-0.25, -0.2) is 0 Å². The Bertz CT molecular complexity index is 3120. The van der Waals surface area contributed by atoms with Crippen LogP contribution in [0.25, 0.3) is 109 Å². The number of hydrogen-bond acceptors (Lipinski definition) is 2. The van der Waals surface area contributed by atoms with Gasteiger partial charge < -0.3 is 4.42 Å². The first-order valence-corrected chi connectivity index (χ1v) is 19.0. The second kappa shape index (κ2) is 11.8. The molecule has 0 atom stereocenters. The van der Waals surface area contributed by atoms with Gasteiger partial charge in [-0.1, -0.05) is 152 Å². The van der Waals surface area contributed by atoms with Crippen LogP contribution in [0.2, 0.25) is 0 Å². The normalized spacial score (nSPS) is 11.9. The highest BCUT2D eigenvalue weighted by molar-refractivity contribution is 7.15. The van der Waals surface area contributed by atoms with Crippen LogP contribution >= 0.6 is 11.3 Å². The van der Waals surface area contributed by atoms with Gasteiger partial charge >= 0.3 is 0 Å². The zero-order chi connectivity index (χ0) is 35.0. The van der Waals surface area contributed by atoms with Crippen LogP contribution in [0.4, 0.5) is 0 Å². The van der Waals surface area contributed by atoms with Crippen molar-refractivity contribution in [1.29, 1.82) is 0 Å². The smallest absolute Gasteiger partial charge is 0.136 e. The highest BCUT2D eigenvalue weighted by atomic mass is 32.1. The van der Waals surface area contributed by atoms with E-state index in [4.69, 9.17) is 4.42 Å². The molecule has 0 saturated heterocycles. The quantitative estimate of drug-likeness (QED) is 0.167. The summed E-state index contributed by atoms with van der Waals surface area (Å²) in [7, 11) is 0. The summed E-state index contributed by atoms with van der Waals surface area (Å²) in [6, 6.07) is 64.2. The molecule has 2 heterocycles. The number of aryl methyl sites for hydroxylation is 1. The molecule has 9 aromatic carbocycles. The molecule has 11 aromatic rings. The summed E-state index contributed by atoms with van der Waals surface area (Å²) in [6.45, 7) is 2.19. The Labute approximate surface area is 311 Å². The van der Waals surface area contributed by atoms with Crippen molar-refractivity contribution in [1.82, 2.24) is 0 Å². The number of furan rings is 1. The first kappa shape index (κ1) is 30.2. The summed E-state index contributed by atoms with van der Waals surface area (Å²) in [4.78, 5) is 2.62. The molecule has 0 aliphatic rings. The Morgan fingerprint density at radius 2 is 0.736 bits per heavy atom. The summed E-state index contributed by atoms with van der Waals surface area (Å²) in [5.74, 6) is 0. The first-order chi connectivity index (χ1) is 26.2. The van der Waals surface area contributed by atoms with Crippen LogP contribution in [-0.4, -0.2) is 0 Å². The summed E-state index contributed by atoms with van der Waals surface area (Å²) in [6.07, 6.45) is 0. The van der Waals surface area contributed by atoms with Gasteiger partial charge in [-0.15, -0.1) is 11.3 Å². The second-order valence-corrected chi connectivity index (χ2v) is 15.2. The molecular weight excluding hydrogens is 661 g/mol. The molecule has 0 N–H and O–H groups in total. The third-order valence-electron chi connectivity index (χ3n) is 11.0. The molecule has 53 heavy (non-hydrogen) atoms. The van der Waals surface area contributed by atoms with E-state index in [-0.39, 0.29) is 0 Å². The fourth-order valence-corrected chi connectivity index (χ4v) is 9.81. The van der Waals surface area contributed by atoms with Crippen molar-refractivity contribution in [3.63, 3.8) is 0 Å². The zero-order valence-electron chi connectivity index (χ0n) is 29.1. The average molecular weight is 693 g/mol. The van der Waals surface area contributed by atoms with Crippen LogP contribution < -0.4 is 0 Å². The van der Waals surface area contributed by atoms with Gasteiger partial charge in [-0.05, 0) is 108 Å². The maximum Gasteiger partial charge on any atom is 0.136 e. The standard InChI is InChI=1S/C51H32OS/c1-31-29-30-45(53-31)49-39-23-11-9-21-37(39)48(38-22-10-12-24-40(38)49)42-26-14-28-44-51(42)50-41(25-13-27-43(50)52-44)47-35-19-7-5-17-33(35)46(32-15-3-2-4-16-32)34-18-6-8-20-36(34)47/h2-30H,1H3. The molecule has 248 valence electrons. The van der Waals surface area contributed by atoms with Gasteiger partial charge in [0.1, 0.15) is 11.2 Å². The fourth-order valence-electron chi connectivity index (χ4n) is 8.87. The molecule has 0 saturated carbocycles. The Hall–Kier alpha value is -6.48. The van der Waals surface area contributed by atoms with E-state index in [1.165, 1.54) is 91.8 Å². The van der Waals surface area contributed by atoms with E-state index >= 15 is 0 Å². The van der Waals surface area contributed by atoms with Crippen molar-refractivity contribution in [3.8, 4) is 43.8 Å². The van der Waals surface area contributed by atoms with Gasteiger partial charge in [0.15, 0.2) is 0 Å². The highest BCUT2D eigenvalue weighted by Gasteiger charge is 2.24. The van der Waals surface area contributed by atoms with Crippen LogP contribution in [0.5, 0.6) is 0 Å². The van der Waals surface area contributed by atoms with E-state index in [1.54, 1.807) is 0 Å². The first-order valence-electron chi connectivity index (χ1n) is 18.2. The van der Waals surface area contributed by atoms with Crippen molar-refractivity contribution in [3.05, 3.63) is 181 Å². The highest BCUT2D eigenvalue weighted by Crippen LogP contribution is 2.51. The minimum atomic E-state index is 0.893. The molecule has 0 radical (unpaired) electrons. The number of thiophene rings is 1. The van der Waals surface area contributed by atoms with Gasteiger partial charge in [0.25, 0.3) is 0 Å². The van der Waals surface area contributed by atoms with E-state index < -0.39 is 0 Å². The van der Waals surface area contributed by atoms with Gasteiger partial charge in [-0.3, -0.25) is 0 Å². The second-order valence-electron chi connectivity index (χ2n) is 13.9. The molecular formula is C51H32OS. The predicted octanol–water partition coefficient (Wildman–Crippen LogP) is 15.2. The lowest BCUT2D eigenvalue weighted by Gasteiger charge is -2.19. The molecule has 0 aliphatic carbocycles. The Kier molecular flexibility index (Phi) is 6.71. The molecule has 0 amide bonds. The van der Waals surface area contributed by atoms with Crippen molar-refractivity contribution in [2.24, 2.45) is 0 Å². The van der Waals surface area contributed by atoms with Crippen LogP contribution in [-0.2, 0) is 0 Å². The summed E-state index contributed by atoms with van der Waals surface area (Å²) >= 11 is 1.86. The lowest BCUT2D eigenvalue weighted by Crippen LogP contribution is -1.92. The van der Waals surface area contributed by atoms with Gasteiger partial charge in [0, 0.05) is 26.1 Å². The number of hydrogen-bond donors (Lipinski definition) is 0. The fraction of sp³-hybridized carbons (Fsp3) is 0.0196. The van der Waals surface area contributed by atoms with Crippen molar-refractivity contribution in [2.75, 3.05) is 0 Å². The van der Waals surface area contributed by atoms with Crippen LogP contribution in [0.15, 0.2) is 180 Å².